The number of nitrogens with one attached hydrogen (secondary N) is 1. The zero-order chi connectivity index (χ0) is 18.5. The molecule has 0 radical (unpaired) electrons. The SMILES string of the molecule is CCOC(=O)N1C2CCC1CC(NCCN(C=O)c1ccccc1Cl)C2. The molecule has 1 aromatic rings. The number of hydrogen-bond donors (Lipinski definition) is 1. The average molecular weight is 380 g/mol. The summed E-state index contributed by atoms with van der Waals surface area (Å²) >= 11 is 6.17. The van der Waals surface area contributed by atoms with E-state index >= 15 is 0 Å². The number of halogens is 1. The maximum atomic E-state index is 12.1. The third kappa shape index (κ3) is 4.13. The standard InChI is InChI=1S/C19H26ClN3O3/c1-2-26-19(25)23-15-7-8-16(23)12-14(11-15)21-9-10-22(13-24)18-6-4-3-5-17(18)20/h3-6,13-16,21H,2,7-12H2,1H3. The van der Waals surface area contributed by atoms with Gasteiger partial charge in [-0.25, -0.2) is 4.79 Å². The summed E-state index contributed by atoms with van der Waals surface area (Å²) in [6.45, 7) is 3.50. The molecule has 2 aliphatic rings. The van der Waals surface area contributed by atoms with Crippen LogP contribution in [0.4, 0.5) is 10.5 Å². The summed E-state index contributed by atoms with van der Waals surface area (Å²) in [4.78, 5) is 27.1. The van der Waals surface area contributed by atoms with Crippen molar-refractivity contribution in [1.29, 1.82) is 0 Å². The Hall–Kier alpha value is -1.79. The monoisotopic (exact) mass is 379 g/mol. The van der Waals surface area contributed by atoms with Gasteiger partial charge >= 0.3 is 6.09 Å². The third-order valence-corrected chi connectivity index (χ3v) is 5.61. The number of anilines is 1. The van der Waals surface area contributed by atoms with Gasteiger partial charge in [-0.05, 0) is 44.7 Å². The molecule has 2 amide bonds. The Bertz CT molecular complexity index is 628. The lowest BCUT2D eigenvalue weighted by Gasteiger charge is -2.38. The highest BCUT2D eigenvalue weighted by atomic mass is 35.5. The van der Waals surface area contributed by atoms with Gasteiger partial charge in [-0.2, -0.15) is 0 Å². The highest BCUT2D eigenvalue weighted by Gasteiger charge is 2.43. The third-order valence-electron chi connectivity index (χ3n) is 5.29. The average Bonchev–Trinajstić information content (AvgIpc) is 2.91. The summed E-state index contributed by atoms with van der Waals surface area (Å²) in [6.07, 6.45) is 4.59. The molecule has 3 rings (SSSR count). The van der Waals surface area contributed by atoms with Gasteiger partial charge in [0, 0.05) is 31.2 Å². The second-order valence-electron chi connectivity index (χ2n) is 6.86. The van der Waals surface area contributed by atoms with E-state index < -0.39 is 0 Å². The summed E-state index contributed by atoms with van der Waals surface area (Å²) in [5.74, 6) is 0. The lowest BCUT2D eigenvalue weighted by Crippen LogP contribution is -2.52. The van der Waals surface area contributed by atoms with Gasteiger partial charge < -0.3 is 19.9 Å². The first-order valence-electron chi connectivity index (χ1n) is 9.29. The van der Waals surface area contributed by atoms with E-state index in [1.54, 1.807) is 11.0 Å². The molecule has 0 spiro atoms. The minimum atomic E-state index is -0.177. The first kappa shape index (κ1) is 19.0. The first-order valence-corrected chi connectivity index (χ1v) is 9.66. The lowest BCUT2D eigenvalue weighted by molar-refractivity contribution is -0.107. The normalized spacial score (nSPS) is 24.4. The number of piperidine rings is 1. The minimum absolute atomic E-state index is 0.177. The maximum absolute atomic E-state index is 12.1. The summed E-state index contributed by atoms with van der Waals surface area (Å²) in [6, 6.07) is 8.22. The van der Waals surface area contributed by atoms with Gasteiger partial charge in [0.1, 0.15) is 0 Å². The van der Waals surface area contributed by atoms with E-state index in [1.165, 1.54) is 0 Å². The Morgan fingerprint density at radius 1 is 1.35 bits per heavy atom. The zero-order valence-electron chi connectivity index (χ0n) is 15.1. The predicted molar refractivity (Wildman–Crippen MR) is 102 cm³/mol. The molecular formula is C19H26ClN3O3. The van der Waals surface area contributed by atoms with Crippen LogP contribution in [-0.2, 0) is 9.53 Å². The number of fused-ring (bicyclic) bond motifs is 2. The fraction of sp³-hybridized carbons (Fsp3) is 0.579. The predicted octanol–water partition coefficient (Wildman–Crippen LogP) is 3.04. The molecule has 2 fully saturated rings. The van der Waals surface area contributed by atoms with Gasteiger partial charge in [0.25, 0.3) is 0 Å². The Kier molecular flexibility index (Phi) is 6.38. The molecular weight excluding hydrogens is 354 g/mol. The number of benzene rings is 1. The number of carbonyl (C=O) groups excluding carboxylic acids is 2. The van der Waals surface area contributed by atoms with Crippen LogP contribution in [0.1, 0.15) is 32.6 Å². The Labute approximate surface area is 159 Å². The number of ether oxygens (including phenoxy) is 1. The fourth-order valence-corrected chi connectivity index (χ4v) is 4.39. The number of para-hydroxylation sites is 1. The molecule has 142 valence electrons. The molecule has 0 aliphatic carbocycles. The van der Waals surface area contributed by atoms with Crippen LogP contribution >= 0.6 is 11.6 Å². The van der Waals surface area contributed by atoms with Crippen molar-refractivity contribution < 1.29 is 14.3 Å². The molecule has 2 saturated heterocycles. The lowest BCUT2D eigenvalue weighted by atomic mass is 9.98. The highest BCUT2D eigenvalue weighted by molar-refractivity contribution is 6.33. The smallest absolute Gasteiger partial charge is 0.410 e. The Balaban J connectivity index is 1.50. The van der Waals surface area contributed by atoms with Crippen LogP contribution in [0.25, 0.3) is 0 Å². The van der Waals surface area contributed by atoms with E-state index in [-0.39, 0.29) is 18.2 Å². The van der Waals surface area contributed by atoms with E-state index in [2.05, 4.69) is 5.32 Å². The minimum Gasteiger partial charge on any atom is -0.450 e. The van der Waals surface area contributed by atoms with Gasteiger partial charge in [0.05, 0.1) is 17.3 Å². The zero-order valence-corrected chi connectivity index (χ0v) is 15.8. The van der Waals surface area contributed by atoms with Gasteiger partial charge in [0.2, 0.25) is 6.41 Å². The number of nitrogens with zero attached hydrogens (tertiary/aromatic N) is 2. The molecule has 0 saturated carbocycles. The molecule has 0 aromatic heterocycles. The topological polar surface area (TPSA) is 61.9 Å². The van der Waals surface area contributed by atoms with Crippen molar-refractivity contribution >= 4 is 29.8 Å². The second kappa shape index (κ2) is 8.73. The van der Waals surface area contributed by atoms with Crippen LogP contribution in [0.2, 0.25) is 5.02 Å². The van der Waals surface area contributed by atoms with E-state index in [4.69, 9.17) is 16.3 Å². The quantitative estimate of drug-likeness (QED) is 0.740. The van der Waals surface area contributed by atoms with Crippen molar-refractivity contribution in [2.45, 2.75) is 50.7 Å². The fourth-order valence-electron chi connectivity index (χ4n) is 4.14. The van der Waals surface area contributed by atoms with Crippen molar-refractivity contribution in [2.75, 3.05) is 24.6 Å². The molecule has 7 heteroatoms. The van der Waals surface area contributed by atoms with Gasteiger partial charge in [-0.15, -0.1) is 0 Å². The molecule has 2 atom stereocenters. The van der Waals surface area contributed by atoms with Crippen molar-refractivity contribution in [2.24, 2.45) is 0 Å². The van der Waals surface area contributed by atoms with Crippen LogP contribution in [0, 0.1) is 0 Å². The van der Waals surface area contributed by atoms with Crippen molar-refractivity contribution in [3.8, 4) is 0 Å². The molecule has 1 aromatic carbocycles. The summed E-state index contributed by atoms with van der Waals surface area (Å²) < 4.78 is 5.19. The largest absolute Gasteiger partial charge is 0.450 e. The van der Waals surface area contributed by atoms with Crippen molar-refractivity contribution in [3.63, 3.8) is 0 Å². The van der Waals surface area contributed by atoms with Crippen LogP contribution in [0.5, 0.6) is 0 Å². The molecule has 1 N–H and O–H groups in total. The summed E-state index contributed by atoms with van der Waals surface area (Å²) in [5.41, 5.74) is 0.725. The van der Waals surface area contributed by atoms with E-state index in [0.29, 0.717) is 30.8 Å². The van der Waals surface area contributed by atoms with Crippen LogP contribution in [0.3, 0.4) is 0 Å². The molecule has 2 bridgehead atoms. The summed E-state index contributed by atoms with van der Waals surface area (Å²) in [7, 11) is 0. The molecule has 2 aliphatic heterocycles. The number of hydrogen-bond acceptors (Lipinski definition) is 4. The molecule has 6 nitrogen and oxygen atoms in total. The second-order valence-corrected chi connectivity index (χ2v) is 7.27. The van der Waals surface area contributed by atoms with E-state index in [9.17, 15) is 9.59 Å². The Morgan fingerprint density at radius 3 is 2.65 bits per heavy atom. The van der Waals surface area contributed by atoms with Crippen molar-refractivity contribution in [3.05, 3.63) is 29.3 Å². The van der Waals surface area contributed by atoms with Gasteiger partial charge in [-0.3, -0.25) is 4.79 Å². The van der Waals surface area contributed by atoms with Gasteiger partial charge in [0.15, 0.2) is 0 Å². The number of rotatable bonds is 7. The Morgan fingerprint density at radius 2 is 2.04 bits per heavy atom. The number of amides is 2. The molecule has 26 heavy (non-hydrogen) atoms. The van der Waals surface area contributed by atoms with Crippen LogP contribution in [-0.4, -0.2) is 55.2 Å². The first-order chi connectivity index (χ1) is 12.6. The molecule has 2 unspecified atom stereocenters. The van der Waals surface area contributed by atoms with Crippen molar-refractivity contribution in [1.82, 2.24) is 10.2 Å². The van der Waals surface area contributed by atoms with Crippen LogP contribution < -0.4 is 10.2 Å². The molecule has 2 heterocycles. The maximum Gasteiger partial charge on any atom is 0.410 e. The van der Waals surface area contributed by atoms with E-state index in [1.807, 2.05) is 30.0 Å². The number of carbonyl (C=O) groups is 2. The van der Waals surface area contributed by atoms with Gasteiger partial charge in [-0.1, -0.05) is 23.7 Å². The van der Waals surface area contributed by atoms with E-state index in [0.717, 1.165) is 37.8 Å². The summed E-state index contributed by atoms with van der Waals surface area (Å²) in [5, 5.41) is 4.12. The highest BCUT2D eigenvalue weighted by Crippen LogP contribution is 2.36. The van der Waals surface area contributed by atoms with Crippen LogP contribution in [0.15, 0.2) is 24.3 Å².